The molecule has 0 radical (unpaired) electrons. The summed E-state index contributed by atoms with van der Waals surface area (Å²) in [6.45, 7) is 0. The molecule has 0 unspecified atom stereocenters. The van der Waals surface area contributed by atoms with Gasteiger partial charge in [0.1, 0.15) is 0 Å². The lowest BCUT2D eigenvalue weighted by atomic mass is 11.4. The Bertz CT molecular complexity index is 46.3. The van der Waals surface area contributed by atoms with Gasteiger partial charge in [-0.3, -0.25) is 0 Å². The normalized spacial score (nSPS) is 5.88. The number of terminal acetylenes is 1. The van der Waals surface area contributed by atoms with Crippen molar-refractivity contribution in [2.75, 3.05) is 14.1 Å². The van der Waals surface area contributed by atoms with Crippen LogP contribution in [0.5, 0.6) is 0 Å². The van der Waals surface area contributed by atoms with E-state index >= 15 is 0 Å². The predicted octanol–water partition coefficient (Wildman–Crippen LogP) is 2.22. The van der Waals surface area contributed by atoms with Crippen molar-refractivity contribution in [1.82, 2.24) is 0 Å². The van der Waals surface area contributed by atoms with Gasteiger partial charge >= 0.3 is 0 Å². The molecule has 0 saturated carbocycles. The van der Waals surface area contributed by atoms with Crippen molar-refractivity contribution in [2.45, 2.75) is 14.8 Å². The molecule has 0 fully saturated rings. The van der Waals surface area contributed by atoms with Crippen molar-refractivity contribution in [3.8, 4) is 12.8 Å². The highest BCUT2D eigenvalue weighted by molar-refractivity contribution is 4.47. The molecular weight excluding hydrogens is 100 g/mol. The van der Waals surface area contributed by atoms with Crippen LogP contribution in [0, 0.1) is 12.8 Å². The van der Waals surface area contributed by atoms with Crippen molar-refractivity contribution in [1.29, 1.82) is 0 Å². The zero-order chi connectivity index (χ0) is 7.41. The Morgan fingerprint density at radius 3 is 1.25 bits per heavy atom. The molecule has 0 aliphatic rings. The Morgan fingerprint density at radius 1 is 1.12 bits per heavy atom. The molecular formula is C6H16N2. The predicted molar refractivity (Wildman–Crippen MR) is 40.1 cm³/mol. The molecule has 0 rings (SSSR count). The zero-order valence-electron chi connectivity index (χ0n) is 6.05. The van der Waals surface area contributed by atoms with Gasteiger partial charge in [0.15, 0.2) is 0 Å². The molecule has 2 heteroatoms. The highest BCUT2D eigenvalue weighted by Crippen LogP contribution is 1.48. The number of hydrogen-bond donors (Lipinski definition) is 0. The summed E-state index contributed by atoms with van der Waals surface area (Å²) < 4.78 is 5.75. The Hall–Kier alpha value is -0.840. The molecule has 2 nitrogen and oxygen atoms in total. The SMILES string of the molecule is C.C#C.CN=NC.[2H]C. The monoisotopic (exact) mass is 117 g/mol. The maximum atomic E-state index is 5.75. The fourth-order valence-electron chi connectivity index (χ4n) is 0. The van der Waals surface area contributed by atoms with Gasteiger partial charge in [0.2, 0.25) is 0 Å². The molecule has 8 heavy (non-hydrogen) atoms. The first-order chi connectivity index (χ1) is 3.91. The number of rotatable bonds is 0. The minimum Gasteiger partial charge on any atom is -0.198 e. The molecule has 0 amide bonds. The minimum absolute atomic E-state index is 0. The van der Waals surface area contributed by atoms with Gasteiger partial charge in [-0.15, -0.1) is 12.8 Å². The number of hydrogen-bond acceptors (Lipinski definition) is 2. The summed E-state index contributed by atoms with van der Waals surface area (Å²) in [7, 11) is 4.53. The lowest BCUT2D eigenvalue weighted by Gasteiger charge is -1.54. The van der Waals surface area contributed by atoms with Gasteiger partial charge in [-0.25, -0.2) is 0 Å². The van der Waals surface area contributed by atoms with E-state index in [9.17, 15) is 0 Å². The lowest BCUT2D eigenvalue weighted by Crippen LogP contribution is -1.38. The maximum absolute atomic E-state index is 5.75. The van der Waals surface area contributed by atoms with E-state index < -0.39 is 0 Å². The summed E-state index contributed by atoms with van der Waals surface area (Å²) in [6.07, 6.45) is 8.00. The number of azo groups is 1. The molecule has 0 heterocycles. The molecule has 50 valence electrons. The van der Waals surface area contributed by atoms with Crippen LogP contribution in [0.1, 0.15) is 16.2 Å². The van der Waals surface area contributed by atoms with Crippen LogP contribution in [0.3, 0.4) is 0 Å². The largest absolute Gasteiger partial charge is 0.198 e. The topological polar surface area (TPSA) is 24.7 Å². The fraction of sp³-hybridized carbons (Fsp3) is 0.667. The summed E-state index contributed by atoms with van der Waals surface area (Å²) in [5.74, 6) is 0. The molecule has 0 N–H and O–H groups in total. The van der Waals surface area contributed by atoms with Crippen LogP contribution in [0.25, 0.3) is 0 Å². The lowest BCUT2D eigenvalue weighted by molar-refractivity contribution is 1.11. The summed E-state index contributed by atoms with van der Waals surface area (Å²) in [6, 6.07) is 0. The molecule has 0 spiro atoms. The Balaban J connectivity index is -0.0000000221. The van der Waals surface area contributed by atoms with Gasteiger partial charge in [-0.05, 0) is 0 Å². The molecule has 0 atom stereocenters. The first kappa shape index (κ1) is 15.7. The molecule has 0 aromatic rings. The first-order valence-electron chi connectivity index (χ1n) is 2.43. The molecule has 0 aliphatic carbocycles. The third kappa shape index (κ3) is 3490. The van der Waals surface area contributed by atoms with Crippen LogP contribution < -0.4 is 0 Å². The van der Waals surface area contributed by atoms with Crippen LogP contribution in [0.2, 0.25) is 0 Å². The van der Waals surface area contributed by atoms with E-state index in [0.717, 1.165) is 0 Å². The maximum Gasteiger partial charge on any atom is 0.0487 e. The van der Waals surface area contributed by atoms with Gasteiger partial charge in [0.05, 0.1) is 0 Å². The Labute approximate surface area is 54.4 Å². The van der Waals surface area contributed by atoms with Gasteiger partial charge in [-0.1, -0.05) is 14.8 Å². The van der Waals surface area contributed by atoms with E-state index in [2.05, 4.69) is 23.1 Å². The number of nitrogens with zero attached hydrogens (tertiary/aromatic N) is 2. The van der Waals surface area contributed by atoms with Crippen LogP contribution >= 0.6 is 0 Å². The first-order valence-corrected chi connectivity index (χ1v) is 1.43. The van der Waals surface area contributed by atoms with Crippen LogP contribution in [0.15, 0.2) is 10.2 Å². The van der Waals surface area contributed by atoms with E-state index in [0.29, 0.717) is 0 Å². The average Bonchev–Trinajstić information content (AvgIpc) is 1.96. The third-order valence-electron chi connectivity index (χ3n) is 0.200. The smallest absolute Gasteiger partial charge is 0.0487 e. The summed E-state index contributed by atoms with van der Waals surface area (Å²) in [5, 5.41) is 6.72. The van der Waals surface area contributed by atoms with Crippen molar-refractivity contribution in [3.63, 3.8) is 0 Å². The average molecular weight is 117 g/mol. The molecule has 0 aliphatic heterocycles. The Morgan fingerprint density at radius 2 is 1.25 bits per heavy atom. The second-order valence-corrected chi connectivity index (χ2v) is 0.400. The molecule has 0 aromatic heterocycles. The zero-order valence-corrected chi connectivity index (χ0v) is 5.05. The highest BCUT2D eigenvalue weighted by Gasteiger charge is 1.31. The summed E-state index contributed by atoms with van der Waals surface area (Å²) >= 11 is 0. The second-order valence-electron chi connectivity index (χ2n) is 0.400. The second kappa shape index (κ2) is 122. The van der Waals surface area contributed by atoms with Crippen LogP contribution in [-0.4, -0.2) is 14.1 Å². The van der Waals surface area contributed by atoms with Gasteiger partial charge in [0.25, 0.3) is 0 Å². The van der Waals surface area contributed by atoms with E-state index in [1.807, 2.05) is 0 Å². The van der Waals surface area contributed by atoms with Crippen LogP contribution in [-0.2, 0) is 0 Å². The fourth-order valence-corrected chi connectivity index (χ4v) is 0. The van der Waals surface area contributed by atoms with Crippen LogP contribution in [0.4, 0.5) is 0 Å². The quantitative estimate of drug-likeness (QED) is 0.343. The standard InChI is InChI=1S/C2H6N2.C2H2.2CH4/c1-3-4-2;1-2;;/h1-2H3;1-2H;2*1H4/i;;1D;. The molecule has 0 bridgehead atoms. The van der Waals surface area contributed by atoms with Gasteiger partial charge in [0, 0.05) is 15.5 Å². The molecule has 0 aromatic carbocycles. The van der Waals surface area contributed by atoms with Crippen molar-refractivity contribution in [3.05, 3.63) is 0 Å². The molecule has 0 saturated heterocycles. The van der Waals surface area contributed by atoms with E-state index in [-0.39, 0.29) is 7.43 Å². The van der Waals surface area contributed by atoms with Crippen molar-refractivity contribution < 1.29 is 1.37 Å². The highest BCUT2D eigenvalue weighted by atomic mass is 15.0. The van der Waals surface area contributed by atoms with E-state index in [1.165, 1.54) is 7.40 Å². The van der Waals surface area contributed by atoms with E-state index in [4.69, 9.17) is 1.37 Å². The van der Waals surface area contributed by atoms with E-state index in [1.54, 1.807) is 14.1 Å². The third-order valence-corrected chi connectivity index (χ3v) is 0.200. The van der Waals surface area contributed by atoms with Crippen molar-refractivity contribution >= 4 is 0 Å². The van der Waals surface area contributed by atoms with Gasteiger partial charge in [-0.2, -0.15) is 10.2 Å². The minimum atomic E-state index is 0. The van der Waals surface area contributed by atoms with Gasteiger partial charge < -0.3 is 0 Å². The Kier molecular flexibility index (Phi) is 239. The summed E-state index contributed by atoms with van der Waals surface area (Å²) in [5.41, 5.74) is 0. The van der Waals surface area contributed by atoms with Crippen molar-refractivity contribution in [2.24, 2.45) is 10.2 Å². The summed E-state index contributed by atoms with van der Waals surface area (Å²) in [4.78, 5) is 0.